The number of thiophene rings is 1. The van der Waals surface area contributed by atoms with E-state index in [1.807, 2.05) is 12.1 Å². The second kappa shape index (κ2) is 8.87. The van der Waals surface area contributed by atoms with Gasteiger partial charge in [0.1, 0.15) is 5.78 Å². The highest BCUT2D eigenvalue weighted by Gasteiger charge is 2.30. The molecule has 0 bridgehead atoms. The number of Topliss-reactive ketones (excluding diaryl/α,β-unsaturated/α-hetero) is 1. The Labute approximate surface area is 193 Å². The summed E-state index contributed by atoms with van der Waals surface area (Å²) in [5.74, 6) is -0.656. The molecule has 1 aliphatic carbocycles. The average Bonchev–Trinajstić information content (AvgIpc) is 3.29. The quantitative estimate of drug-likeness (QED) is 0.395. The predicted octanol–water partition coefficient (Wildman–Crippen LogP) is 6.76. The van der Waals surface area contributed by atoms with Crippen LogP contribution in [-0.4, -0.2) is 18.4 Å². The van der Waals surface area contributed by atoms with Gasteiger partial charge in [0.2, 0.25) is 0 Å². The van der Waals surface area contributed by atoms with Gasteiger partial charge in [-0.3, -0.25) is 4.79 Å². The SMILES string of the molecule is CCOC(=O)c1ccc(C(C(C)=O)c2ccc3c(c2)C(c2cccs2)=CCC3(C)C)cc1. The van der Waals surface area contributed by atoms with E-state index in [4.69, 9.17) is 4.74 Å². The van der Waals surface area contributed by atoms with Gasteiger partial charge in [0.25, 0.3) is 0 Å². The zero-order chi connectivity index (χ0) is 22.9. The maximum absolute atomic E-state index is 12.8. The second-order valence-electron chi connectivity index (χ2n) is 8.87. The van der Waals surface area contributed by atoms with Crippen molar-refractivity contribution in [2.24, 2.45) is 0 Å². The molecule has 1 atom stereocenters. The molecule has 1 aromatic heterocycles. The summed E-state index contributed by atoms with van der Waals surface area (Å²) >= 11 is 1.74. The molecule has 1 heterocycles. The van der Waals surface area contributed by atoms with Crippen LogP contribution in [0.5, 0.6) is 0 Å². The van der Waals surface area contributed by atoms with E-state index >= 15 is 0 Å². The minimum Gasteiger partial charge on any atom is -0.462 e. The van der Waals surface area contributed by atoms with Crippen LogP contribution in [0.1, 0.15) is 77.5 Å². The van der Waals surface area contributed by atoms with Crippen LogP contribution in [0.15, 0.2) is 66.1 Å². The molecule has 0 fully saturated rings. The van der Waals surface area contributed by atoms with Crippen molar-refractivity contribution >= 4 is 28.7 Å². The Balaban J connectivity index is 1.77. The van der Waals surface area contributed by atoms with Gasteiger partial charge in [0.05, 0.1) is 18.1 Å². The normalized spacial score (nSPS) is 15.4. The van der Waals surface area contributed by atoms with Gasteiger partial charge in [0, 0.05) is 4.88 Å². The summed E-state index contributed by atoms with van der Waals surface area (Å²) < 4.78 is 5.08. The number of hydrogen-bond donors (Lipinski definition) is 0. The lowest BCUT2D eigenvalue weighted by Gasteiger charge is -2.33. The minimum absolute atomic E-state index is 0.0433. The van der Waals surface area contributed by atoms with Crippen molar-refractivity contribution in [2.75, 3.05) is 6.61 Å². The van der Waals surface area contributed by atoms with Gasteiger partial charge in [0.15, 0.2) is 0 Å². The van der Waals surface area contributed by atoms with Crippen LogP contribution in [0.3, 0.4) is 0 Å². The molecule has 32 heavy (non-hydrogen) atoms. The van der Waals surface area contributed by atoms with Crippen LogP contribution in [0.25, 0.3) is 5.57 Å². The molecule has 2 aromatic carbocycles. The molecular formula is C28H28O3S. The van der Waals surface area contributed by atoms with Crippen LogP contribution < -0.4 is 0 Å². The molecule has 0 radical (unpaired) electrons. The molecule has 0 spiro atoms. The van der Waals surface area contributed by atoms with E-state index in [9.17, 15) is 9.59 Å². The monoisotopic (exact) mass is 444 g/mol. The fourth-order valence-electron chi connectivity index (χ4n) is 4.48. The number of carbonyl (C=O) groups is 2. The van der Waals surface area contributed by atoms with Gasteiger partial charge < -0.3 is 4.74 Å². The summed E-state index contributed by atoms with van der Waals surface area (Å²) in [5, 5.41) is 2.10. The van der Waals surface area contributed by atoms with Crippen LogP contribution in [0.2, 0.25) is 0 Å². The number of ether oxygens (including phenoxy) is 1. The van der Waals surface area contributed by atoms with Gasteiger partial charge in [-0.2, -0.15) is 0 Å². The van der Waals surface area contributed by atoms with E-state index in [0.717, 1.165) is 17.5 Å². The molecule has 4 heteroatoms. The number of benzene rings is 2. The Morgan fingerprint density at radius 3 is 2.41 bits per heavy atom. The van der Waals surface area contributed by atoms with Gasteiger partial charge in [-0.05, 0) is 83.2 Å². The highest BCUT2D eigenvalue weighted by Crippen LogP contribution is 2.43. The smallest absolute Gasteiger partial charge is 0.338 e. The fraction of sp³-hybridized carbons (Fsp3) is 0.286. The minimum atomic E-state index is -0.383. The molecule has 0 saturated heterocycles. The summed E-state index contributed by atoms with van der Waals surface area (Å²) in [4.78, 5) is 26.0. The van der Waals surface area contributed by atoms with Gasteiger partial charge in [-0.1, -0.05) is 50.3 Å². The lowest BCUT2D eigenvalue weighted by atomic mass is 9.72. The second-order valence-corrected chi connectivity index (χ2v) is 9.82. The lowest BCUT2D eigenvalue weighted by Crippen LogP contribution is -2.22. The number of rotatable bonds is 6. The van der Waals surface area contributed by atoms with Crippen LogP contribution >= 0.6 is 11.3 Å². The largest absolute Gasteiger partial charge is 0.462 e. The maximum atomic E-state index is 12.8. The first-order chi connectivity index (χ1) is 15.3. The number of allylic oxidation sites excluding steroid dienone is 1. The first kappa shape index (κ1) is 22.2. The maximum Gasteiger partial charge on any atom is 0.338 e. The zero-order valence-electron chi connectivity index (χ0n) is 19.0. The Morgan fingerprint density at radius 2 is 1.78 bits per heavy atom. The van der Waals surface area contributed by atoms with E-state index in [1.165, 1.54) is 21.6 Å². The molecule has 3 aromatic rings. The van der Waals surface area contributed by atoms with Gasteiger partial charge in [-0.15, -0.1) is 11.3 Å². The number of carbonyl (C=O) groups excluding carboxylic acids is 2. The van der Waals surface area contributed by atoms with Gasteiger partial charge in [-0.25, -0.2) is 4.79 Å². The molecule has 0 N–H and O–H groups in total. The third-order valence-corrected chi connectivity index (χ3v) is 7.06. The molecule has 0 amide bonds. The molecule has 164 valence electrons. The van der Waals surface area contributed by atoms with Crippen molar-refractivity contribution in [1.29, 1.82) is 0 Å². The van der Waals surface area contributed by atoms with Crippen LogP contribution in [0, 0.1) is 0 Å². The summed E-state index contributed by atoms with van der Waals surface area (Å²) in [6.45, 7) is 8.29. The standard InChI is InChI=1S/C28H28O3S/c1-5-31-27(30)20-10-8-19(9-11-20)26(18(2)29)21-12-13-24-23(17-21)22(14-15-28(24,3)4)25-7-6-16-32-25/h6-14,16-17,26H,5,15H2,1-4H3. The van der Waals surface area contributed by atoms with E-state index in [-0.39, 0.29) is 23.1 Å². The van der Waals surface area contributed by atoms with Crippen LogP contribution in [0.4, 0.5) is 0 Å². The summed E-state index contributed by atoms with van der Waals surface area (Å²) in [6.07, 6.45) is 3.31. The number of hydrogen-bond acceptors (Lipinski definition) is 4. The summed E-state index contributed by atoms with van der Waals surface area (Å²) in [7, 11) is 0. The molecule has 0 saturated carbocycles. The van der Waals surface area contributed by atoms with E-state index in [0.29, 0.717) is 12.2 Å². The Morgan fingerprint density at radius 1 is 1.06 bits per heavy atom. The Kier molecular flexibility index (Phi) is 6.16. The Bertz CT molecular complexity index is 1170. The van der Waals surface area contributed by atoms with Crippen LogP contribution in [-0.2, 0) is 14.9 Å². The number of ketones is 1. The number of fused-ring (bicyclic) bond motifs is 1. The zero-order valence-corrected chi connectivity index (χ0v) is 19.8. The van der Waals surface area contributed by atoms with Crippen molar-refractivity contribution in [1.82, 2.24) is 0 Å². The summed E-state index contributed by atoms with van der Waals surface area (Å²) in [5.41, 5.74) is 6.15. The van der Waals surface area contributed by atoms with E-state index in [2.05, 4.69) is 55.6 Å². The van der Waals surface area contributed by atoms with Crippen molar-refractivity contribution in [3.8, 4) is 0 Å². The lowest BCUT2D eigenvalue weighted by molar-refractivity contribution is -0.117. The fourth-order valence-corrected chi connectivity index (χ4v) is 5.27. The third kappa shape index (κ3) is 4.20. The van der Waals surface area contributed by atoms with Crippen molar-refractivity contribution in [3.63, 3.8) is 0 Å². The van der Waals surface area contributed by atoms with Gasteiger partial charge >= 0.3 is 5.97 Å². The highest BCUT2D eigenvalue weighted by molar-refractivity contribution is 7.11. The molecule has 1 aliphatic rings. The molecule has 0 aliphatic heterocycles. The summed E-state index contributed by atoms with van der Waals surface area (Å²) in [6, 6.07) is 17.9. The highest BCUT2D eigenvalue weighted by atomic mass is 32.1. The Hall–Kier alpha value is -2.98. The predicted molar refractivity (Wildman–Crippen MR) is 130 cm³/mol. The molecule has 4 rings (SSSR count). The number of esters is 1. The first-order valence-corrected chi connectivity index (χ1v) is 11.9. The van der Waals surface area contributed by atoms with Crippen molar-refractivity contribution in [2.45, 2.75) is 45.4 Å². The first-order valence-electron chi connectivity index (χ1n) is 11.0. The topological polar surface area (TPSA) is 43.4 Å². The average molecular weight is 445 g/mol. The molecule has 3 nitrogen and oxygen atoms in total. The molecular weight excluding hydrogens is 416 g/mol. The molecule has 1 unspecified atom stereocenters. The van der Waals surface area contributed by atoms with E-state index in [1.54, 1.807) is 37.3 Å². The van der Waals surface area contributed by atoms with Crippen molar-refractivity contribution < 1.29 is 14.3 Å². The van der Waals surface area contributed by atoms with Crippen molar-refractivity contribution in [3.05, 3.63) is 98.7 Å². The third-order valence-electron chi connectivity index (χ3n) is 6.16. The van der Waals surface area contributed by atoms with E-state index < -0.39 is 0 Å².